The van der Waals surface area contributed by atoms with Gasteiger partial charge in [-0.1, -0.05) is 12.6 Å². The molecule has 0 saturated heterocycles. The highest BCUT2D eigenvalue weighted by Gasteiger charge is 1.88. The Hall–Kier alpha value is 0.200. The molecule has 0 unspecified atom stereocenters. The molecule has 0 aromatic rings. The average Bonchev–Trinajstić information content (AvgIpc) is 1.61. The standard InChI is InChI=1S/C4H9NOS2/c1-5(2)3-6-4(7)8/h3H2,1-2H3,(H,7,8). The molecule has 0 amide bonds. The minimum absolute atomic E-state index is 0.290. The van der Waals surface area contributed by atoms with Crippen molar-refractivity contribution in [1.29, 1.82) is 0 Å². The minimum Gasteiger partial charge on any atom is -0.463 e. The summed E-state index contributed by atoms with van der Waals surface area (Å²) in [6.07, 6.45) is 0. The first-order valence-electron chi connectivity index (χ1n) is 2.13. The number of thiol groups is 1. The lowest BCUT2D eigenvalue weighted by Gasteiger charge is -2.08. The van der Waals surface area contributed by atoms with Gasteiger partial charge in [0.05, 0.1) is 0 Å². The van der Waals surface area contributed by atoms with Gasteiger partial charge in [0.1, 0.15) is 6.73 Å². The normalized spacial score (nSPS) is 9.50. The van der Waals surface area contributed by atoms with Crippen molar-refractivity contribution in [3.8, 4) is 0 Å². The summed E-state index contributed by atoms with van der Waals surface area (Å²) in [5.74, 6) is 0. The molecule has 0 heterocycles. The Labute approximate surface area is 60.2 Å². The monoisotopic (exact) mass is 151 g/mol. The maximum absolute atomic E-state index is 4.82. The second-order valence-corrected chi connectivity index (χ2v) is 2.70. The first kappa shape index (κ1) is 8.20. The maximum Gasteiger partial charge on any atom is 0.218 e. The molecule has 0 fully saturated rings. The van der Waals surface area contributed by atoms with E-state index in [0.29, 0.717) is 11.1 Å². The topological polar surface area (TPSA) is 12.5 Å². The van der Waals surface area contributed by atoms with Crippen molar-refractivity contribution in [2.24, 2.45) is 0 Å². The molecule has 0 spiro atoms. The zero-order chi connectivity index (χ0) is 6.57. The summed E-state index contributed by atoms with van der Waals surface area (Å²) in [4.78, 5) is 1.86. The summed E-state index contributed by atoms with van der Waals surface area (Å²) in [5, 5.41) is 0. The number of hydrogen-bond donors (Lipinski definition) is 1. The van der Waals surface area contributed by atoms with E-state index in [1.165, 1.54) is 0 Å². The Morgan fingerprint density at radius 2 is 2.25 bits per heavy atom. The second-order valence-electron chi connectivity index (χ2n) is 1.62. The molecular formula is C4H9NOS2. The highest BCUT2D eigenvalue weighted by Crippen LogP contribution is 1.86. The molecule has 48 valence electrons. The summed E-state index contributed by atoms with van der Waals surface area (Å²) >= 11 is 8.28. The fourth-order valence-corrected chi connectivity index (χ4v) is 0.295. The predicted molar refractivity (Wildman–Crippen MR) is 41.2 cm³/mol. The molecule has 8 heavy (non-hydrogen) atoms. The van der Waals surface area contributed by atoms with Crippen LogP contribution in [0.15, 0.2) is 0 Å². The van der Waals surface area contributed by atoms with E-state index in [-0.39, 0.29) is 0 Å². The van der Waals surface area contributed by atoms with Crippen LogP contribution in [-0.4, -0.2) is 30.1 Å². The highest BCUT2D eigenvalue weighted by molar-refractivity contribution is 8.10. The first-order valence-corrected chi connectivity index (χ1v) is 2.99. The lowest BCUT2D eigenvalue weighted by molar-refractivity contribution is 0.178. The van der Waals surface area contributed by atoms with Crippen LogP contribution in [0.5, 0.6) is 0 Å². The van der Waals surface area contributed by atoms with Gasteiger partial charge in [-0.15, -0.1) is 0 Å². The molecule has 0 saturated carbocycles. The van der Waals surface area contributed by atoms with E-state index in [1.54, 1.807) is 0 Å². The third-order valence-electron chi connectivity index (χ3n) is 0.446. The van der Waals surface area contributed by atoms with Gasteiger partial charge in [0, 0.05) is 0 Å². The van der Waals surface area contributed by atoms with E-state index in [2.05, 4.69) is 24.8 Å². The number of ether oxygens (including phenoxy) is 1. The van der Waals surface area contributed by atoms with Gasteiger partial charge in [-0.25, -0.2) is 0 Å². The molecule has 0 radical (unpaired) electrons. The van der Waals surface area contributed by atoms with Crippen LogP contribution in [-0.2, 0) is 4.74 Å². The van der Waals surface area contributed by atoms with Crippen LogP contribution in [0, 0.1) is 0 Å². The SMILES string of the molecule is CN(C)COC(=S)S. The molecule has 4 heteroatoms. The number of thiocarbonyl (C=S) groups is 1. The van der Waals surface area contributed by atoms with Crippen LogP contribution in [0.1, 0.15) is 0 Å². The molecule has 0 aliphatic heterocycles. The van der Waals surface area contributed by atoms with E-state index in [4.69, 9.17) is 4.74 Å². The van der Waals surface area contributed by atoms with Gasteiger partial charge in [0.15, 0.2) is 0 Å². The molecule has 0 aliphatic carbocycles. The van der Waals surface area contributed by atoms with Gasteiger partial charge >= 0.3 is 0 Å². The molecule has 0 aromatic carbocycles. The Morgan fingerprint density at radius 3 is 2.38 bits per heavy atom. The molecule has 0 aliphatic rings. The molecule has 0 atom stereocenters. The zero-order valence-electron chi connectivity index (χ0n) is 4.92. The van der Waals surface area contributed by atoms with Crippen molar-refractivity contribution in [2.45, 2.75) is 0 Å². The Kier molecular flexibility index (Phi) is 4.22. The summed E-state index contributed by atoms with van der Waals surface area (Å²) in [6.45, 7) is 0.502. The lowest BCUT2D eigenvalue weighted by Crippen LogP contribution is -2.16. The van der Waals surface area contributed by atoms with Gasteiger partial charge in [0.2, 0.25) is 4.38 Å². The predicted octanol–water partition coefficient (Wildman–Crippen LogP) is 0.737. The number of rotatable bonds is 2. The van der Waals surface area contributed by atoms with Crippen LogP contribution in [0.2, 0.25) is 0 Å². The highest BCUT2D eigenvalue weighted by atomic mass is 32.1. The lowest BCUT2D eigenvalue weighted by atomic mass is 10.9. The van der Waals surface area contributed by atoms with Crippen molar-refractivity contribution < 1.29 is 4.74 Å². The van der Waals surface area contributed by atoms with Crippen molar-refractivity contribution >= 4 is 29.2 Å². The zero-order valence-corrected chi connectivity index (χ0v) is 6.63. The van der Waals surface area contributed by atoms with Crippen LogP contribution in [0.4, 0.5) is 0 Å². The second kappa shape index (κ2) is 4.12. The first-order chi connectivity index (χ1) is 3.63. The van der Waals surface area contributed by atoms with Gasteiger partial charge in [-0.3, -0.25) is 4.90 Å². The van der Waals surface area contributed by atoms with E-state index in [9.17, 15) is 0 Å². The van der Waals surface area contributed by atoms with Crippen LogP contribution in [0.3, 0.4) is 0 Å². The Balaban J connectivity index is 3.05. The smallest absolute Gasteiger partial charge is 0.218 e. The molecule has 0 aromatic heterocycles. The third kappa shape index (κ3) is 6.20. The largest absolute Gasteiger partial charge is 0.463 e. The van der Waals surface area contributed by atoms with Crippen LogP contribution in [0.25, 0.3) is 0 Å². The Morgan fingerprint density at radius 1 is 1.75 bits per heavy atom. The minimum atomic E-state index is 0.290. The van der Waals surface area contributed by atoms with Crippen molar-refractivity contribution in [1.82, 2.24) is 4.90 Å². The van der Waals surface area contributed by atoms with E-state index in [1.807, 2.05) is 19.0 Å². The maximum atomic E-state index is 4.82. The van der Waals surface area contributed by atoms with Gasteiger partial charge in [-0.05, 0) is 26.3 Å². The van der Waals surface area contributed by atoms with Crippen LogP contribution < -0.4 is 0 Å². The average molecular weight is 151 g/mol. The van der Waals surface area contributed by atoms with E-state index >= 15 is 0 Å². The van der Waals surface area contributed by atoms with Gasteiger partial charge in [0.25, 0.3) is 0 Å². The summed E-state index contributed by atoms with van der Waals surface area (Å²) in [6, 6.07) is 0. The van der Waals surface area contributed by atoms with E-state index in [0.717, 1.165) is 0 Å². The third-order valence-corrected chi connectivity index (χ3v) is 0.693. The van der Waals surface area contributed by atoms with Crippen LogP contribution >= 0.6 is 24.8 Å². The number of nitrogens with zero attached hydrogens (tertiary/aromatic N) is 1. The molecule has 0 N–H and O–H groups in total. The van der Waals surface area contributed by atoms with Gasteiger partial charge < -0.3 is 4.74 Å². The fourth-order valence-electron chi connectivity index (χ4n) is 0.184. The van der Waals surface area contributed by atoms with Crippen molar-refractivity contribution in [2.75, 3.05) is 20.8 Å². The summed E-state index contributed by atoms with van der Waals surface area (Å²) in [7, 11) is 3.79. The van der Waals surface area contributed by atoms with E-state index < -0.39 is 0 Å². The quantitative estimate of drug-likeness (QED) is 0.355. The Bertz CT molecular complexity index is 84.1. The molecule has 0 rings (SSSR count). The molecule has 2 nitrogen and oxygen atoms in total. The summed E-state index contributed by atoms with van der Waals surface area (Å²) < 4.78 is 5.12. The van der Waals surface area contributed by atoms with Crippen molar-refractivity contribution in [3.05, 3.63) is 0 Å². The molecule has 0 bridgehead atoms. The number of hydrogen-bond acceptors (Lipinski definition) is 3. The fraction of sp³-hybridized carbons (Fsp3) is 0.750. The summed E-state index contributed by atoms with van der Waals surface area (Å²) in [5.41, 5.74) is 0. The molecular weight excluding hydrogens is 142 g/mol. The van der Waals surface area contributed by atoms with Gasteiger partial charge in [-0.2, -0.15) is 0 Å². The van der Waals surface area contributed by atoms with Crippen molar-refractivity contribution in [3.63, 3.8) is 0 Å².